The second-order valence-corrected chi connectivity index (χ2v) is 8.00. The van der Waals surface area contributed by atoms with Crippen LogP contribution in [0.4, 0.5) is 10.2 Å². The van der Waals surface area contributed by atoms with E-state index in [9.17, 15) is 9.18 Å². The minimum absolute atomic E-state index is 0.0697. The van der Waals surface area contributed by atoms with Crippen molar-refractivity contribution >= 4 is 11.7 Å². The van der Waals surface area contributed by atoms with Crippen molar-refractivity contribution in [1.82, 2.24) is 19.6 Å². The highest BCUT2D eigenvalue weighted by molar-refractivity contribution is 5.91. The maximum atomic E-state index is 13.3. The van der Waals surface area contributed by atoms with Gasteiger partial charge in [-0.05, 0) is 56.3 Å². The van der Waals surface area contributed by atoms with Gasteiger partial charge in [-0.1, -0.05) is 30.3 Å². The molecule has 7 heteroatoms. The summed E-state index contributed by atoms with van der Waals surface area (Å²) in [6, 6.07) is 18.4. The molecule has 0 aliphatic carbocycles. The zero-order valence-electron chi connectivity index (χ0n) is 17.8. The van der Waals surface area contributed by atoms with Crippen LogP contribution in [0.3, 0.4) is 0 Å². The summed E-state index contributed by atoms with van der Waals surface area (Å²) in [5, 5.41) is 7.41. The molecule has 1 N–H and O–H groups in total. The van der Waals surface area contributed by atoms with E-state index in [1.165, 1.54) is 17.7 Å². The molecule has 1 aromatic heterocycles. The maximum Gasteiger partial charge on any atom is 0.239 e. The zero-order valence-corrected chi connectivity index (χ0v) is 17.8. The number of nitrogens with one attached hydrogen (secondary N) is 1. The average molecular weight is 422 g/mol. The molecule has 1 aliphatic heterocycles. The Kier molecular flexibility index (Phi) is 6.74. The molecule has 0 radical (unpaired) electrons. The van der Waals surface area contributed by atoms with Crippen LogP contribution in [-0.2, 0) is 11.3 Å². The summed E-state index contributed by atoms with van der Waals surface area (Å²) < 4.78 is 14.9. The number of nitrogens with zero attached hydrogens (tertiary/aromatic N) is 4. The second kappa shape index (κ2) is 9.85. The molecular formula is C24H28FN5O. The molecule has 162 valence electrons. The molecule has 31 heavy (non-hydrogen) atoms. The number of aromatic nitrogens is 2. The van der Waals surface area contributed by atoms with Crippen LogP contribution < -0.4 is 5.32 Å². The number of aryl methyl sites for hydroxylation is 1. The molecule has 2 heterocycles. The Labute approximate surface area is 182 Å². The third-order valence-electron chi connectivity index (χ3n) is 5.47. The van der Waals surface area contributed by atoms with Gasteiger partial charge in [0.1, 0.15) is 11.6 Å². The van der Waals surface area contributed by atoms with E-state index in [-0.39, 0.29) is 11.7 Å². The first-order valence-corrected chi connectivity index (χ1v) is 10.7. The first kappa shape index (κ1) is 21.2. The van der Waals surface area contributed by atoms with E-state index >= 15 is 0 Å². The summed E-state index contributed by atoms with van der Waals surface area (Å²) >= 11 is 0. The Morgan fingerprint density at radius 1 is 1.00 bits per heavy atom. The minimum atomic E-state index is -0.305. The van der Waals surface area contributed by atoms with Crippen LogP contribution in [0.2, 0.25) is 0 Å². The topological polar surface area (TPSA) is 53.4 Å². The van der Waals surface area contributed by atoms with E-state index in [2.05, 4.69) is 44.5 Å². The SMILES string of the molecule is Cc1cc(NC(=O)CN2CCCN(Cc3ccccc3)CC2)n(-c2ccc(F)cc2)n1. The van der Waals surface area contributed by atoms with Crippen molar-refractivity contribution in [2.45, 2.75) is 19.9 Å². The van der Waals surface area contributed by atoms with Gasteiger partial charge < -0.3 is 5.32 Å². The lowest BCUT2D eigenvalue weighted by atomic mass is 10.2. The predicted octanol–water partition coefficient (Wildman–Crippen LogP) is 3.47. The van der Waals surface area contributed by atoms with Gasteiger partial charge in [0.2, 0.25) is 5.91 Å². The van der Waals surface area contributed by atoms with Crippen LogP contribution in [0.15, 0.2) is 60.7 Å². The molecule has 0 bridgehead atoms. The minimum Gasteiger partial charge on any atom is -0.309 e. The van der Waals surface area contributed by atoms with Gasteiger partial charge in [-0.2, -0.15) is 5.10 Å². The lowest BCUT2D eigenvalue weighted by Crippen LogP contribution is -2.36. The van der Waals surface area contributed by atoms with E-state index in [0.717, 1.165) is 44.8 Å². The summed E-state index contributed by atoms with van der Waals surface area (Å²) in [5.74, 6) is 0.218. The quantitative estimate of drug-likeness (QED) is 0.662. The number of hydrogen-bond donors (Lipinski definition) is 1. The van der Waals surface area contributed by atoms with E-state index in [1.807, 2.05) is 19.1 Å². The highest BCUT2D eigenvalue weighted by atomic mass is 19.1. The summed E-state index contributed by atoms with van der Waals surface area (Å²) in [6.45, 7) is 6.87. The van der Waals surface area contributed by atoms with Crippen molar-refractivity contribution in [3.63, 3.8) is 0 Å². The fourth-order valence-corrected chi connectivity index (χ4v) is 3.94. The van der Waals surface area contributed by atoms with E-state index in [1.54, 1.807) is 16.8 Å². The van der Waals surface area contributed by atoms with Crippen molar-refractivity contribution < 1.29 is 9.18 Å². The summed E-state index contributed by atoms with van der Waals surface area (Å²) in [4.78, 5) is 17.4. The number of rotatable bonds is 6. The first-order valence-electron chi connectivity index (χ1n) is 10.7. The molecule has 0 spiro atoms. The normalized spacial score (nSPS) is 15.5. The number of anilines is 1. The van der Waals surface area contributed by atoms with Crippen LogP contribution in [-0.4, -0.2) is 58.2 Å². The lowest BCUT2D eigenvalue weighted by Gasteiger charge is -2.21. The molecule has 2 aromatic carbocycles. The molecule has 4 rings (SSSR count). The molecule has 1 saturated heterocycles. The average Bonchev–Trinajstić information content (AvgIpc) is 2.98. The number of amides is 1. The molecule has 6 nitrogen and oxygen atoms in total. The molecule has 1 aliphatic rings. The van der Waals surface area contributed by atoms with Crippen molar-refractivity contribution in [1.29, 1.82) is 0 Å². The van der Waals surface area contributed by atoms with Gasteiger partial charge >= 0.3 is 0 Å². The Bertz CT molecular complexity index is 1000. The molecular weight excluding hydrogens is 393 g/mol. The van der Waals surface area contributed by atoms with E-state index < -0.39 is 0 Å². The maximum absolute atomic E-state index is 13.3. The summed E-state index contributed by atoms with van der Waals surface area (Å²) in [6.07, 6.45) is 1.03. The number of hydrogen-bond acceptors (Lipinski definition) is 4. The standard InChI is InChI=1S/C24H28FN5O/c1-19-16-23(30(27-19)22-10-8-21(25)9-11-22)26-24(31)18-29-13-5-12-28(14-15-29)17-20-6-3-2-4-7-20/h2-4,6-11,16H,5,12-15,17-18H2,1H3,(H,26,31). The van der Waals surface area contributed by atoms with Gasteiger partial charge in [-0.15, -0.1) is 0 Å². The predicted molar refractivity (Wildman–Crippen MR) is 120 cm³/mol. The zero-order chi connectivity index (χ0) is 21.6. The smallest absolute Gasteiger partial charge is 0.239 e. The van der Waals surface area contributed by atoms with Gasteiger partial charge in [0, 0.05) is 25.7 Å². The third kappa shape index (κ3) is 5.77. The van der Waals surface area contributed by atoms with Crippen molar-refractivity contribution in [2.24, 2.45) is 0 Å². The number of carbonyl (C=O) groups excluding carboxylic acids is 1. The van der Waals surface area contributed by atoms with Crippen molar-refractivity contribution in [3.8, 4) is 5.69 Å². The Morgan fingerprint density at radius 3 is 2.48 bits per heavy atom. The third-order valence-corrected chi connectivity index (χ3v) is 5.47. The highest BCUT2D eigenvalue weighted by Crippen LogP contribution is 2.18. The van der Waals surface area contributed by atoms with Crippen molar-refractivity contribution in [2.75, 3.05) is 38.0 Å². The highest BCUT2D eigenvalue weighted by Gasteiger charge is 2.18. The van der Waals surface area contributed by atoms with Gasteiger partial charge in [0.15, 0.2) is 0 Å². The van der Waals surface area contributed by atoms with Crippen LogP contribution in [0, 0.1) is 12.7 Å². The first-order chi connectivity index (χ1) is 15.1. The Morgan fingerprint density at radius 2 is 1.71 bits per heavy atom. The largest absolute Gasteiger partial charge is 0.309 e. The Hall–Kier alpha value is -3.03. The van der Waals surface area contributed by atoms with E-state index in [4.69, 9.17) is 0 Å². The Balaban J connectivity index is 1.33. The van der Waals surface area contributed by atoms with Gasteiger partial charge in [-0.3, -0.25) is 14.6 Å². The number of halogens is 1. The lowest BCUT2D eigenvalue weighted by molar-refractivity contribution is -0.117. The molecule has 0 atom stereocenters. The molecule has 1 fully saturated rings. The fraction of sp³-hybridized carbons (Fsp3) is 0.333. The molecule has 1 amide bonds. The van der Waals surface area contributed by atoms with Gasteiger partial charge in [0.25, 0.3) is 0 Å². The monoisotopic (exact) mass is 421 g/mol. The molecule has 3 aromatic rings. The second-order valence-electron chi connectivity index (χ2n) is 8.00. The summed E-state index contributed by atoms with van der Waals surface area (Å²) in [7, 11) is 0. The summed E-state index contributed by atoms with van der Waals surface area (Å²) in [5.41, 5.74) is 2.81. The van der Waals surface area contributed by atoms with E-state index in [0.29, 0.717) is 18.1 Å². The van der Waals surface area contributed by atoms with Crippen LogP contribution >= 0.6 is 0 Å². The van der Waals surface area contributed by atoms with Crippen LogP contribution in [0.25, 0.3) is 5.69 Å². The van der Waals surface area contributed by atoms with Crippen LogP contribution in [0.5, 0.6) is 0 Å². The van der Waals surface area contributed by atoms with Gasteiger partial charge in [0.05, 0.1) is 17.9 Å². The van der Waals surface area contributed by atoms with Gasteiger partial charge in [-0.25, -0.2) is 9.07 Å². The number of benzene rings is 2. The fourth-order valence-electron chi connectivity index (χ4n) is 3.94. The molecule has 0 unspecified atom stereocenters. The van der Waals surface area contributed by atoms with Crippen LogP contribution in [0.1, 0.15) is 17.7 Å². The number of carbonyl (C=O) groups is 1. The molecule has 0 saturated carbocycles. The van der Waals surface area contributed by atoms with Crippen molar-refractivity contribution in [3.05, 3.63) is 77.7 Å².